The first-order chi connectivity index (χ1) is 8.88. The molecule has 1 atom stereocenters. The fourth-order valence-electron chi connectivity index (χ4n) is 3.70. The third-order valence-corrected chi connectivity index (χ3v) is 5.17. The summed E-state index contributed by atoms with van der Waals surface area (Å²) in [4.78, 5) is 0. The van der Waals surface area contributed by atoms with Crippen molar-refractivity contribution in [3.8, 4) is 0 Å². The van der Waals surface area contributed by atoms with E-state index in [4.69, 9.17) is 0 Å². The lowest BCUT2D eigenvalue weighted by Gasteiger charge is -2.31. The smallest absolute Gasteiger partial charge is 0.00698 e. The molecule has 0 spiro atoms. The third kappa shape index (κ3) is 4.91. The molecule has 0 aromatic rings. The molecular weight excluding hydrogens is 218 g/mol. The van der Waals surface area contributed by atoms with Gasteiger partial charge in [0.05, 0.1) is 0 Å². The molecule has 1 nitrogen and oxygen atoms in total. The van der Waals surface area contributed by atoms with Crippen molar-refractivity contribution >= 4 is 0 Å². The Morgan fingerprint density at radius 3 is 2.28 bits per heavy atom. The molecule has 0 saturated heterocycles. The average molecular weight is 251 g/mol. The van der Waals surface area contributed by atoms with E-state index in [1.54, 1.807) is 0 Å². The van der Waals surface area contributed by atoms with Gasteiger partial charge in [-0.25, -0.2) is 0 Å². The lowest BCUT2D eigenvalue weighted by atomic mass is 9.78. The largest absolute Gasteiger partial charge is 0.314 e. The predicted molar refractivity (Wildman–Crippen MR) is 79.8 cm³/mol. The molecule has 0 aliphatic heterocycles. The molecule has 0 aromatic carbocycles. The first-order valence-electron chi connectivity index (χ1n) is 8.62. The summed E-state index contributed by atoms with van der Waals surface area (Å²) in [7, 11) is 0. The summed E-state index contributed by atoms with van der Waals surface area (Å²) in [5, 5.41) is 3.81. The quantitative estimate of drug-likeness (QED) is 0.646. The molecule has 1 N–H and O–H groups in total. The average Bonchev–Trinajstić information content (AvgIpc) is 2.37. The summed E-state index contributed by atoms with van der Waals surface area (Å²) < 4.78 is 0. The summed E-state index contributed by atoms with van der Waals surface area (Å²) in [6.45, 7) is 3.51. The highest BCUT2D eigenvalue weighted by Crippen LogP contribution is 2.33. The van der Waals surface area contributed by atoms with Gasteiger partial charge in [0.2, 0.25) is 0 Å². The Morgan fingerprint density at radius 2 is 1.67 bits per heavy atom. The molecule has 106 valence electrons. The van der Waals surface area contributed by atoms with Crippen molar-refractivity contribution in [1.29, 1.82) is 0 Å². The topological polar surface area (TPSA) is 12.0 Å². The zero-order valence-electron chi connectivity index (χ0n) is 12.4. The van der Waals surface area contributed by atoms with Crippen molar-refractivity contribution in [1.82, 2.24) is 5.32 Å². The van der Waals surface area contributed by atoms with Crippen LogP contribution in [-0.4, -0.2) is 12.6 Å². The minimum absolute atomic E-state index is 0.831. The molecule has 1 unspecified atom stereocenters. The molecule has 2 aliphatic carbocycles. The molecule has 0 heterocycles. The Morgan fingerprint density at radius 1 is 0.944 bits per heavy atom. The molecule has 0 bridgehead atoms. The second-order valence-electron chi connectivity index (χ2n) is 6.77. The van der Waals surface area contributed by atoms with E-state index >= 15 is 0 Å². The second kappa shape index (κ2) is 8.19. The standard InChI is InChI=1S/C17H33N/c1-2-13-18-17(14-16-9-6-10-16)12-11-15-7-4-3-5-8-15/h15-18H,2-14H2,1H3. The highest BCUT2D eigenvalue weighted by molar-refractivity contribution is 4.78. The predicted octanol–water partition coefficient (Wildman–Crippen LogP) is 4.91. The molecule has 2 aliphatic rings. The van der Waals surface area contributed by atoms with E-state index in [9.17, 15) is 0 Å². The van der Waals surface area contributed by atoms with Gasteiger partial charge in [0.25, 0.3) is 0 Å². The van der Waals surface area contributed by atoms with Crippen LogP contribution >= 0.6 is 0 Å². The molecule has 0 radical (unpaired) electrons. The first kappa shape index (κ1) is 14.4. The highest BCUT2D eigenvalue weighted by atomic mass is 14.9. The lowest BCUT2D eigenvalue weighted by molar-refractivity contribution is 0.239. The van der Waals surface area contributed by atoms with Gasteiger partial charge in [-0.1, -0.05) is 58.3 Å². The number of hydrogen-bond donors (Lipinski definition) is 1. The van der Waals surface area contributed by atoms with Crippen LogP contribution in [0.3, 0.4) is 0 Å². The monoisotopic (exact) mass is 251 g/mol. The summed E-state index contributed by atoms with van der Waals surface area (Å²) >= 11 is 0. The van der Waals surface area contributed by atoms with E-state index in [2.05, 4.69) is 12.2 Å². The Labute approximate surface area is 114 Å². The summed E-state index contributed by atoms with van der Waals surface area (Å²) in [6.07, 6.45) is 17.7. The van der Waals surface area contributed by atoms with Crippen LogP contribution in [0.4, 0.5) is 0 Å². The van der Waals surface area contributed by atoms with Crippen LogP contribution in [0.25, 0.3) is 0 Å². The van der Waals surface area contributed by atoms with Crippen LogP contribution < -0.4 is 5.32 Å². The van der Waals surface area contributed by atoms with Crippen molar-refractivity contribution in [2.75, 3.05) is 6.54 Å². The van der Waals surface area contributed by atoms with Gasteiger partial charge in [0.15, 0.2) is 0 Å². The third-order valence-electron chi connectivity index (χ3n) is 5.17. The zero-order valence-corrected chi connectivity index (χ0v) is 12.4. The van der Waals surface area contributed by atoms with Crippen molar-refractivity contribution in [3.05, 3.63) is 0 Å². The van der Waals surface area contributed by atoms with Gasteiger partial charge in [-0.2, -0.15) is 0 Å². The van der Waals surface area contributed by atoms with E-state index in [0.717, 1.165) is 17.9 Å². The number of nitrogens with one attached hydrogen (secondary N) is 1. The van der Waals surface area contributed by atoms with Gasteiger partial charge in [-0.05, 0) is 44.1 Å². The van der Waals surface area contributed by atoms with E-state index in [-0.39, 0.29) is 0 Å². The van der Waals surface area contributed by atoms with Crippen LogP contribution in [-0.2, 0) is 0 Å². The summed E-state index contributed by atoms with van der Waals surface area (Å²) in [5.41, 5.74) is 0. The Bertz CT molecular complexity index is 204. The molecule has 2 rings (SSSR count). The number of hydrogen-bond acceptors (Lipinski definition) is 1. The SMILES string of the molecule is CCCNC(CCC1CCCCC1)CC1CCC1. The molecule has 1 heteroatoms. The fourth-order valence-corrected chi connectivity index (χ4v) is 3.70. The van der Waals surface area contributed by atoms with Gasteiger partial charge in [-0.15, -0.1) is 0 Å². The number of rotatable bonds is 8. The Balaban J connectivity index is 1.65. The maximum absolute atomic E-state index is 3.81. The maximum atomic E-state index is 3.81. The fraction of sp³-hybridized carbons (Fsp3) is 1.00. The first-order valence-corrected chi connectivity index (χ1v) is 8.62. The molecule has 2 saturated carbocycles. The molecule has 0 amide bonds. The van der Waals surface area contributed by atoms with Gasteiger partial charge >= 0.3 is 0 Å². The van der Waals surface area contributed by atoms with E-state index in [0.29, 0.717) is 0 Å². The van der Waals surface area contributed by atoms with Crippen LogP contribution in [0.2, 0.25) is 0 Å². The van der Waals surface area contributed by atoms with Gasteiger partial charge in [0, 0.05) is 6.04 Å². The normalized spacial score (nSPS) is 23.8. The van der Waals surface area contributed by atoms with Crippen molar-refractivity contribution in [2.45, 2.75) is 90.0 Å². The van der Waals surface area contributed by atoms with Gasteiger partial charge in [-0.3, -0.25) is 0 Å². The Hall–Kier alpha value is -0.0400. The lowest BCUT2D eigenvalue weighted by Crippen LogP contribution is -2.34. The molecule has 2 fully saturated rings. The minimum Gasteiger partial charge on any atom is -0.314 e. The van der Waals surface area contributed by atoms with E-state index < -0.39 is 0 Å². The summed E-state index contributed by atoms with van der Waals surface area (Å²) in [5.74, 6) is 2.12. The summed E-state index contributed by atoms with van der Waals surface area (Å²) in [6, 6.07) is 0.831. The van der Waals surface area contributed by atoms with Crippen molar-refractivity contribution in [3.63, 3.8) is 0 Å². The van der Waals surface area contributed by atoms with Gasteiger partial charge in [0.1, 0.15) is 0 Å². The van der Waals surface area contributed by atoms with E-state index in [1.165, 1.54) is 83.6 Å². The van der Waals surface area contributed by atoms with Crippen LogP contribution in [0.15, 0.2) is 0 Å². The van der Waals surface area contributed by atoms with Gasteiger partial charge < -0.3 is 5.32 Å². The zero-order chi connectivity index (χ0) is 12.6. The Kier molecular flexibility index (Phi) is 6.54. The van der Waals surface area contributed by atoms with E-state index in [1.807, 2.05) is 0 Å². The molecular formula is C17H33N. The van der Waals surface area contributed by atoms with Crippen LogP contribution in [0.5, 0.6) is 0 Å². The maximum Gasteiger partial charge on any atom is 0.00698 e. The van der Waals surface area contributed by atoms with Crippen molar-refractivity contribution < 1.29 is 0 Å². The molecule has 0 aromatic heterocycles. The van der Waals surface area contributed by atoms with Crippen molar-refractivity contribution in [2.24, 2.45) is 11.8 Å². The highest BCUT2D eigenvalue weighted by Gasteiger charge is 2.22. The van der Waals surface area contributed by atoms with Crippen LogP contribution in [0, 0.1) is 11.8 Å². The second-order valence-corrected chi connectivity index (χ2v) is 6.77. The van der Waals surface area contributed by atoms with Crippen LogP contribution in [0.1, 0.15) is 84.0 Å². The minimum atomic E-state index is 0.831. The molecule has 18 heavy (non-hydrogen) atoms.